The Morgan fingerprint density at radius 3 is 2.68 bits per heavy atom. The number of nitro benzene ring substituents is 1. The van der Waals surface area contributed by atoms with E-state index in [1.54, 1.807) is 0 Å². The molecule has 0 unspecified atom stereocenters. The van der Waals surface area contributed by atoms with Crippen molar-refractivity contribution in [3.8, 4) is 5.75 Å². The van der Waals surface area contributed by atoms with Crippen molar-refractivity contribution in [2.75, 3.05) is 12.4 Å². The zero-order chi connectivity index (χ0) is 16.3. The van der Waals surface area contributed by atoms with Crippen molar-refractivity contribution < 1.29 is 14.5 Å². The molecule has 2 rings (SSSR count). The van der Waals surface area contributed by atoms with E-state index >= 15 is 0 Å². The summed E-state index contributed by atoms with van der Waals surface area (Å²) >= 11 is 11.5. The Kier molecular flexibility index (Phi) is 4.79. The lowest BCUT2D eigenvalue weighted by atomic mass is 10.2. The molecule has 1 heterocycles. The molecule has 9 heteroatoms. The number of rotatable bonds is 4. The van der Waals surface area contributed by atoms with Gasteiger partial charge in [-0.15, -0.1) is 0 Å². The van der Waals surface area contributed by atoms with Gasteiger partial charge in [0.15, 0.2) is 0 Å². The number of halogens is 2. The number of ether oxygens (including phenoxy) is 1. The number of benzene rings is 1. The maximum atomic E-state index is 12.1. The maximum Gasteiger partial charge on any atom is 0.296 e. The Morgan fingerprint density at radius 2 is 2.09 bits per heavy atom. The first-order valence-corrected chi connectivity index (χ1v) is 6.63. The molecule has 1 aromatic carbocycles. The van der Waals surface area contributed by atoms with Crippen LogP contribution in [-0.4, -0.2) is 22.9 Å². The van der Waals surface area contributed by atoms with Crippen molar-refractivity contribution >= 4 is 40.5 Å². The quantitative estimate of drug-likeness (QED) is 0.521. The molecule has 0 aliphatic heterocycles. The highest BCUT2D eigenvalue weighted by molar-refractivity contribution is 6.41. The monoisotopic (exact) mass is 341 g/mol. The van der Waals surface area contributed by atoms with Gasteiger partial charge in [-0.3, -0.25) is 14.9 Å². The topological polar surface area (TPSA) is 94.4 Å². The number of aromatic nitrogens is 1. The molecule has 1 aromatic heterocycles. The number of pyridine rings is 1. The van der Waals surface area contributed by atoms with Gasteiger partial charge in [0, 0.05) is 6.20 Å². The van der Waals surface area contributed by atoms with Crippen LogP contribution >= 0.6 is 23.2 Å². The number of carbonyl (C=O) groups is 1. The van der Waals surface area contributed by atoms with Gasteiger partial charge in [0.1, 0.15) is 16.6 Å². The summed E-state index contributed by atoms with van der Waals surface area (Å²) in [5.74, 6) is -0.291. The van der Waals surface area contributed by atoms with Gasteiger partial charge in [-0.2, -0.15) is 0 Å². The van der Waals surface area contributed by atoms with Crippen molar-refractivity contribution in [2.45, 2.75) is 0 Å². The molecule has 0 fully saturated rings. The van der Waals surface area contributed by atoms with Crippen molar-refractivity contribution in [1.82, 2.24) is 4.98 Å². The summed E-state index contributed by atoms with van der Waals surface area (Å²) in [5.41, 5.74) is -0.137. The molecular formula is C13H9Cl2N3O4. The minimum atomic E-state index is -0.620. The summed E-state index contributed by atoms with van der Waals surface area (Å²) in [6, 6.07) is 5.40. The van der Waals surface area contributed by atoms with Crippen LogP contribution in [0.1, 0.15) is 10.4 Å². The lowest BCUT2D eigenvalue weighted by molar-refractivity contribution is -0.384. The molecule has 0 saturated heterocycles. The van der Waals surface area contributed by atoms with E-state index in [9.17, 15) is 14.9 Å². The van der Waals surface area contributed by atoms with Crippen LogP contribution < -0.4 is 10.1 Å². The number of nitrogens with one attached hydrogen (secondary N) is 1. The fraction of sp³-hybridized carbons (Fsp3) is 0.0769. The Labute approximate surface area is 135 Å². The van der Waals surface area contributed by atoms with Crippen LogP contribution in [0.4, 0.5) is 11.4 Å². The van der Waals surface area contributed by atoms with Crippen molar-refractivity contribution in [3.05, 3.63) is 56.3 Å². The highest BCUT2D eigenvalue weighted by Crippen LogP contribution is 2.29. The minimum Gasteiger partial charge on any atom is -0.496 e. The summed E-state index contributed by atoms with van der Waals surface area (Å²) < 4.78 is 4.92. The fourth-order valence-electron chi connectivity index (χ4n) is 1.64. The first kappa shape index (κ1) is 16.0. The molecule has 1 N–H and O–H groups in total. The predicted octanol–water partition coefficient (Wildman–Crippen LogP) is 3.56. The second-order valence-corrected chi connectivity index (χ2v) is 4.86. The zero-order valence-corrected chi connectivity index (χ0v) is 12.7. The van der Waals surface area contributed by atoms with Gasteiger partial charge < -0.3 is 10.1 Å². The Bertz CT molecular complexity index is 752. The van der Waals surface area contributed by atoms with Crippen LogP contribution in [0.15, 0.2) is 30.5 Å². The lowest BCUT2D eigenvalue weighted by Gasteiger charge is -2.08. The van der Waals surface area contributed by atoms with Crippen molar-refractivity contribution in [1.29, 1.82) is 0 Å². The molecule has 114 valence electrons. The van der Waals surface area contributed by atoms with Crippen LogP contribution in [0.2, 0.25) is 10.2 Å². The number of anilines is 1. The molecule has 1 amide bonds. The van der Waals surface area contributed by atoms with E-state index < -0.39 is 10.8 Å². The minimum absolute atomic E-state index is 0.0295. The first-order valence-electron chi connectivity index (χ1n) is 5.87. The van der Waals surface area contributed by atoms with Crippen LogP contribution in [-0.2, 0) is 0 Å². The molecular weight excluding hydrogens is 333 g/mol. The number of carbonyl (C=O) groups excluding carboxylic acids is 1. The Morgan fingerprint density at radius 1 is 1.36 bits per heavy atom. The number of hydrogen-bond acceptors (Lipinski definition) is 5. The summed E-state index contributed by atoms with van der Waals surface area (Å²) in [5, 5.41) is 13.7. The second-order valence-electron chi connectivity index (χ2n) is 4.09. The molecule has 0 aliphatic carbocycles. The summed E-state index contributed by atoms with van der Waals surface area (Å²) in [6.45, 7) is 0. The van der Waals surface area contributed by atoms with Crippen LogP contribution in [0.5, 0.6) is 5.75 Å². The third kappa shape index (κ3) is 3.44. The second kappa shape index (κ2) is 6.59. The number of nitrogens with zero attached hydrogens (tertiary/aromatic N) is 2. The Hall–Kier alpha value is -2.38. The van der Waals surface area contributed by atoms with Crippen LogP contribution in [0.25, 0.3) is 0 Å². The summed E-state index contributed by atoms with van der Waals surface area (Å²) in [6.07, 6.45) is 1.22. The van der Waals surface area contributed by atoms with E-state index in [1.165, 1.54) is 37.6 Å². The van der Waals surface area contributed by atoms with E-state index in [-0.39, 0.29) is 27.1 Å². The molecule has 0 saturated carbocycles. The molecule has 0 bridgehead atoms. The highest BCUT2D eigenvalue weighted by Gasteiger charge is 2.18. The van der Waals surface area contributed by atoms with Crippen LogP contribution in [0.3, 0.4) is 0 Å². The van der Waals surface area contributed by atoms with Crippen molar-refractivity contribution in [2.24, 2.45) is 0 Å². The molecule has 22 heavy (non-hydrogen) atoms. The Balaban J connectivity index is 2.31. The SMILES string of the molecule is COc1ccc(NC(=O)c2cnc(Cl)c(Cl)c2)c([N+](=O)[O-])c1. The molecule has 0 atom stereocenters. The largest absolute Gasteiger partial charge is 0.496 e. The van der Waals surface area contributed by atoms with Gasteiger partial charge in [-0.05, 0) is 18.2 Å². The molecule has 7 nitrogen and oxygen atoms in total. The van der Waals surface area contributed by atoms with Gasteiger partial charge in [0.2, 0.25) is 0 Å². The molecule has 0 aliphatic rings. The smallest absolute Gasteiger partial charge is 0.296 e. The fourth-order valence-corrected chi connectivity index (χ4v) is 1.90. The summed E-state index contributed by atoms with van der Waals surface area (Å²) in [4.78, 5) is 26.3. The predicted molar refractivity (Wildman–Crippen MR) is 81.9 cm³/mol. The number of nitro groups is 1. The van der Waals surface area contributed by atoms with Gasteiger partial charge in [-0.1, -0.05) is 23.2 Å². The van der Waals surface area contributed by atoms with E-state index in [0.717, 1.165) is 0 Å². The average molecular weight is 342 g/mol. The first-order chi connectivity index (χ1) is 10.4. The molecule has 0 radical (unpaired) electrons. The van der Waals surface area contributed by atoms with Gasteiger partial charge in [-0.25, -0.2) is 4.98 Å². The standard InChI is InChI=1S/C13H9Cl2N3O4/c1-22-8-2-3-10(11(5-8)18(20)21)17-13(19)7-4-9(14)12(15)16-6-7/h2-6H,1H3,(H,17,19). The van der Waals surface area contributed by atoms with Gasteiger partial charge >= 0.3 is 0 Å². The molecule has 2 aromatic rings. The van der Waals surface area contributed by atoms with E-state index in [1.807, 2.05) is 0 Å². The highest BCUT2D eigenvalue weighted by atomic mass is 35.5. The number of amides is 1. The van der Waals surface area contributed by atoms with E-state index in [0.29, 0.717) is 5.75 Å². The number of methoxy groups -OCH3 is 1. The number of hydrogen-bond donors (Lipinski definition) is 1. The maximum absolute atomic E-state index is 12.1. The van der Waals surface area contributed by atoms with E-state index in [4.69, 9.17) is 27.9 Å². The van der Waals surface area contributed by atoms with Crippen molar-refractivity contribution in [3.63, 3.8) is 0 Å². The normalized spacial score (nSPS) is 10.1. The summed E-state index contributed by atoms with van der Waals surface area (Å²) in [7, 11) is 1.39. The zero-order valence-electron chi connectivity index (χ0n) is 11.2. The van der Waals surface area contributed by atoms with E-state index in [2.05, 4.69) is 10.3 Å². The molecule has 0 spiro atoms. The average Bonchev–Trinajstić information content (AvgIpc) is 2.50. The van der Waals surface area contributed by atoms with Crippen LogP contribution in [0, 0.1) is 10.1 Å². The van der Waals surface area contributed by atoms with Gasteiger partial charge in [0.05, 0.1) is 28.7 Å². The lowest BCUT2D eigenvalue weighted by Crippen LogP contribution is -2.13. The third-order valence-corrected chi connectivity index (χ3v) is 3.39. The third-order valence-electron chi connectivity index (χ3n) is 2.71. The van der Waals surface area contributed by atoms with Gasteiger partial charge in [0.25, 0.3) is 11.6 Å².